The Morgan fingerprint density at radius 3 is 1.67 bits per heavy atom. The molecule has 0 fully saturated rings. The molecule has 18 heteroatoms. The van der Waals surface area contributed by atoms with Crippen molar-refractivity contribution in [3.05, 3.63) is 159 Å². The van der Waals surface area contributed by atoms with E-state index in [0.29, 0.717) is 6.07 Å². The molecular formula is C43H13BF14O3. The molecule has 0 saturated carbocycles. The van der Waals surface area contributed by atoms with Crippen molar-refractivity contribution in [2.75, 3.05) is 0 Å². The van der Waals surface area contributed by atoms with E-state index in [9.17, 15) is 4.39 Å². The normalized spacial score (nSPS) is 12.4. The molecule has 0 aliphatic heterocycles. The summed E-state index contributed by atoms with van der Waals surface area (Å²) in [5, 5.41) is -8.12. The Labute approximate surface area is 330 Å². The maximum absolute atomic E-state index is 16.3. The maximum atomic E-state index is 16.3. The van der Waals surface area contributed by atoms with Crippen molar-refractivity contribution in [1.29, 1.82) is 0 Å². The van der Waals surface area contributed by atoms with Crippen LogP contribution in [0.1, 0.15) is 11.1 Å². The van der Waals surface area contributed by atoms with Crippen molar-refractivity contribution in [1.82, 2.24) is 0 Å². The Balaban J connectivity index is 1.24. The average Bonchev–Trinajstić information content (AvgIpc) is 3.63. The highest BCUT2D eigenvalue weighted by Gasteiger charge is 2.42. The van der Waals surface area contributed by atoms with Gasteiger partial charge in [0.25, 0.3) is 0 Å². The highest BCUT2D eigenvalue weighted by molar-refractivity contribution is 6.40. The predicted molar refractivity (Wildman–Crippen MR) is 193 cm³/mol. The van der Waals surface area contributed by atoms with E-state index < -0.39 is 178 Å². The molecule has 0 saturated heterocycles. The van der Waals surface area contributed by atoms with Crippen LogP contribution >= 0.6 is 0 Å². The third-order valence-corrected chi connectivity index (χ3v) is 10.7. The van der Waals surface area contributed by atoms with E-state index >= 15 is 57.1 Å². The molecular weight excluding hydrogens is 841 g/mol. The zero-order chi connectivity index (χ0) is 43.1. The zero-order valence-corrected chi connectivity index (χ0v) is 29.7. The van der Waals surface area contributed by atoms with Gasteiger partial charge in [0, 0.05) is 44.7 Å². The van der Waals surface area contributed by atoms with Crippen LogP contribution in [-0.4, -0.2) is 7.32 Å². The molecule has 9 aromatic carbocycles. The molecule has 0 N–H and O–H groups in total. The monoisotopic (exact) mass is 854 g/mol. The number of hydrogen-bond acceptors (Lipinski definition) is 3. The molecule has 0 heterocycles. The highest BCUT2D eigenvalue weighted by Crippen LogP contribution is 2.49. The molecule has 0 unspecified atom stereocenters. The minimum atomic E-state index is -3.11. The standard InChI is InChI=1S/C43H13BF14O3/c45-19-5-1-3-14-11-17-26(22(14)19)31(49)36(54)39(57)42(17)60-44(61-43-18-12-15-4-2-6-20(46)23(15)30(48)27(18)32(50)37(55)40(43)58)59-41-16-9-7-13-8-10-21(47)28-24(13)25(16)29(34(52)33(28)51)35(53)38(41)56/h1-10,12H,11H2. The summed E-state index contributed by atoms with van der Waals surface area (Å²) in [4.78, 5) is 0. The number of rotatable bonds is 6. The Morgan fingerprint density at radius 1 is 0.361 bits per heavy atom. The van der Waals surface area contributed by atoms with E-state index in [1.165, 1.54) is 12.1 Å². The van der Waals surface area contributed by atoms with Crippen LogP contribution in [0.4, 0.5) is 61.5 Å². The van der Waals surface area contributed by atoms with E-state index in [1.807, 2.05) is 0 Å². The quantitative estimate of drug-likeness (QED) is 0.0548. The van der Waals surface area contributed by atoms with Gasteiger partial charge >= 0.3 is 7.32 Å². The summed E-state index contributed by atoms with van der Waals surface area (Å²) in [7, 11) is -3.11. The summed E-state index contributed by atoms with van der Waals surface area (Å²) in [5.74, 6) is -31.5. The van der Waals surface area contributed by atoms with Gasteiger partial charge in [0.2, 0.25) is 11.6 Å². The van der Waals surface area contributed by atoms with Crippen LogP contribution in [0.2, 0.25) is 0 Å². The maximum Gasteiger partial charge on any atom is 0.864 e. The van der Waals surface area contributed by atoms with Gasteiger partial charge in [-0.3, -0.25) is 0 Å². The fourth-order valence-electron chi connectivity index (χ4n) is 8.11. The second-order valence-corrected chi connectivity index (χ2v) is 13.9. The van der Waals surface area contributed by atoms with E-state index in [2.05, 4.69) is 0 Å². The first kappa shape index (κ1) is 38.2. The van der Waals surface area contributed by atoms with E-state index in [0.717, 1.165) is 48.5 Å². The molecule has 0 radical (unpaired) electrons. The van der Waals surface area contributed by atoms with Crippen LogP contribution in [0.3, 0.4) is 0 Å². The van der Waals surface area contributed by atoms with Crippen LogP contribution in [0.25, 0.3) is 65.0 Å². The fourth-order valence-corrected chi connectivity index (χ4v) is 8.11. The van der Waals surface area contributed by atoms with Crippen molar-refractivity contribution in [3.8, 4) is 28.4 Å². The minimum absolute atomic E-state index is 0.0407. The summed E-state index contributed by atoms with van der Waals surface area (Å²) in [5.41, 5.74) is -2.14. The number of halogens is 14. The summed E-state index contributed by atoms with van der Waals surface area (Å²) >= 11 is 0. The first-order valence-corrected chi connectivity index (χ1v) is 17.6. The number of hydrogen-bond donors (Lipinski definition) is 0. The van der Waals surface area contributed by atoms with Crippen molar-refractivity contribution < 1.29 is 75.4 Å². The predicted octanol–water partition coefficient (Wildman–Crippen LogP) is 12.9. The number of fused-ring (bicyclic) bond motifs is 5. The lowest BCUT2D eigenvalue weighted by Crippen LogP contribution is -2.38. The number of benzene rings is 9. The molecule has 0 spiro atoms. The molecule has 1 aliphatic rings. The molecule has 304 valence electrons. The summed E-state index contributed by atoms with van der Waals surface area (Å²) in [6.07, 6.45) is -0.609. The van der Waals surface area contributed by atoms with Gasteiger partial charge in [-0.1, -0.05) is 36.4 Å². The lowest BCUT2D eigenvalue weighted by atomic mass is 9.92. The van der Waals surface area contributed by atoms with E-state index in [1.54, 1.807) is 0 Å². The Bertz CT molecular complexity index is 3450. The van der Waals surface area contributed by atoms with Gasteiger partial charge in [0.15, 0.2) is 58.0 Å². The molecule has 1 aliphatic carbocycles. The Morgan fingerprint density at radius 2 is 0.918 bits per heavy atom. The topological polar surface area (TPSA) is 27.7 Å². The smallest absolute Gasteiger partial charge is 0.486 e. The summed E-state index contributed by atoms with van der Waals surface area (Å²) in [6.45, 7) is 0. The second-order valence-electron chi connectivity index (χ2n) is 13.9. The van der Waals surface area contributed by atoms with Crippen molar-refractivity contribution in [2.45, 2.75) is 6.42 Å². The van der Waals surface area contributed by atoms with Crippen molar-refractivity contribution in [2.24, 2.45) is 0 Å². The first-order chi connectivity index (χ1) is 29.1. The fraction of sp³-hybridized carbons (Fsp3) is 0.0233. The molecule has 9 aromatic rings. The van der Waals surface area contributed by atoms with Crippen LogP contribution in [0.15, 0.2) is 66.7 Å². The van der Waals surface area contributed by atoms with Gasteiger partial charge < -0.3 is 14.0 Å². The molecule has 0 atom stereocenters. The van der Waals surface area contributed by atoms with Crippen LogP contribution in [0.5, 0.6) is 17.2 Å². The molecule has 0 amide bonds. The minimum Gasteiger partial charge on any atom is -0.486 e. The Hall–Kier alpha value is -6.98. The van der Waals surface area contributed by atoms with Gasteiger partial charge in [-0.2, -0.15) is 13.2 Å². The zero-order valence-electron chi connectivity index (χ0n) is 29.7. The van der Waals surface area contributed by atoms with Crippen molar-refractivity contribution >= 4 is 61.2 Å². The third kappa shape index (κ3) is 5.19. The van der Waals surface area contributed by atoms with Gasteiger partial charge in [0.1, 0.15) is 29.0 Å². The van der Waals surface area contributed by atoms with E-state index in [4.69, 9.17) is 14.0 Å². The lowest BCUT2D eigenvalue weighted by Gasteiger charge is -2.23. The summed E-state index contributed by atoms with van der Waals surface area (Å²) in [6, 6.07) is 10.8. The van der Waals surface area contributed by atoms with Gasteiger partial charge in [-0.05, 0) is 46.7 Å². The molecule has 0 bridgehead atoms. The lowest BCUT2D eigenvalue weighted by molar-refractivity contribution is 0.281. The molecule has 10 rings (SSSR count). The van der Waals surface area contributed by atoms with Crippen molar-refractivity contribution in [3.63, 3.8) is 0 Å². The average molecular weight is 854 g/mol. The molecule has 3 nitrogen and oxygen atoms in total. The Kier molecular flexibility index (Phi) is 8.31. The molecule has 61 heavy (non-hydrogen) atoms. The summed E-state index contributed by atoms with van der Waals surface area (Å²) < 4.78 is 234. The van der Waals surface area contributed by atoms with Crippen LogP contribution in [-0.2, 0) is 6.42 Å². The van der Waals surface area contributed by atoms with Gasteiger partial charge in [0.05, 0.1) is 21.5 Å². The first-order valence-electron chi connectivity index (χ1n) is 17.6. The van der Waals surface area contributed by atoms with Crippen LogP contribution < -0.4 is 14.0 Å². The third-order valence-electron chi connectivity index (χ3n) is 10.7. The second kappa shape index (κ2) is 13.3. The highest BCUT2D eigenvalue weighted by atomic mass is 19.2. The SMILES string of the molecule is Fc1cccc2c1-c1c(F)c(F)c(F)c(OB(Oc3c(F)c(F)c(F)c4c(F)c5c(F)cccc5cc34)Oc3c(F)c(F)c4c(F)c(F)c5c(F)ccc6ccc3c4c65)c1C2. The van der Waals surface area contributed by atoms with E-state index in [-0.39, 0.29) is 10.9 Å². The van der Waals surface area contributed by atoms with Gasteiger partial charge in [-0.15, -0.1) is 0 Å². The molecule has 0 aromatic heterocycles. The largest absolute Gasteiger partial charge is 0.864 e. The van der Waals surface area contributed by atoms with Gasteiger partial charge in [-0.25, -0.2) is 48.3 Å². The van der Waals surface area contributed by atoms with Crippen LogP contribution in [0, 0.1) is 81.4 Å².